The van der Waals surface area contributed by atoms with Gasteiger partial charge in [0.25, 0.3) is 0 Å². The molecule has 2 aromatic rings. The lowest BCUT2D eigenvalue weighted by Gasteiger charge is -2.39. The number of carboxylic acid groups (broad SMARTS) is 1. The number of rotatable bonds is 6. The van der Waals surface area contributed by atoms with Crippen LogP contribution >= 0.6 is 0 Å². The van der Waals surface area contributed by atoms with Gasteiger partial charge in [0, 0.05) is 18.7 Å². The summed E-state index contributed by atoms with van der Waals surface area (Å²) < 4.78 is 0. The van der Waals surface area contributed by atoms with Gasteiger partial charge in [-0.25, -0.2) is 4.79 Å². The minimum atomic E-state index is -0.975. The summed E-state index contributed by atoms with van der Waals surface area (Å²) in [5.41, 5.74) is 0.981. The van der Waals surface area contributed by atoms with Crippen LogP contribution in [0.4, 0.5) is 5.69 Å². The zero-order valence-corrected chi connectivity index (χ0v) is 12.5. The lowest BCUT2D eigenvalue weighted by molar-refractivity contribution is -0.142. The van der Waals surface area contributed by atoms with E-state index in [9.17, 15) is 9.90 Å². The van der Waals surface area contributed by atoms with Crippen molar-refractivity contribution in [3.05, 3.63) is 66.2 Å². The fourth-order valence-corrected chi connectivity index (χ4v) is 2.70. The lowest BCUT2D eigenvalue weighted by atomic mass is 9.90. The standard InChI is InChI=1S/C18H21NO2/c1-3-19(16-12-8-5-9-13-16)18(2,17(20)21)14-15-10-6-4-7-11-15/h4-13H,3,14H2,1-2H3,(H,20,21)/t18-/m1/s1. The predicted molar refractivity (Wildman–Crippen MR) is 85.6 cm³/mol. The van der Waals surface area contributed by atoms with Crippen LogP contribution in [0.5, 0.6) is 0 Å². The summed E-state index contributed by atoms with van der Waals surface area (Å²) in [5, 5.41) is 9.82. The molecule has 0 fully saturated rings. The molecule has 0 radical (unpaired) electrons. The Kier molecular flexibility index (Phi) is 4.63. The molecule has 0 heterocycles. The molecule has 0 saturated carbocycles. The number of likely N-dealkylation sites (N-methyl/N-ethyl adjacent to an activating group) is 1. The van der Waals surface area contributed by atoms with Crippen molar-refractivity contribution < 1.29 is 9.90 Å². The fraction of sp³-hybridized carbons (Fsp3) is 0.278. The van der Waals surface area contributed by atoms with Gasteiger partial charge in [0.2, 0.25) is 0 Å². The van der Waals surface area contributed by atoms with Crippen molar-refractivity contribution in [1.29, 1.82) is 0 Å². The van der Waals surface area contributed by atoms with Crippen LogP contribution in [0.15, 0.2) is 60.7 Å². The number of anilines is 1. The zero-order chi connectivity index (χ0) is 15.3. The van der Waals surface area contributed by atoms with Crippen LogP contribution in [-0.4, -0.2) is 23.2 Å². The van der Waals surface area contributed by atoms with E-state index < -0.39 is 11.5 Å². The number of benzene rings is 2. The number of aliphatic carboxylic acids is 1. The Morgan fingerprint density at radius 2 is 1.57 bits per heavy atom. The van der Waals surface area contributed by atoms with Gasteiger partial charge in [0.1, 0.15) is 5.54 Å². The van der Waals surface area contributed by atoms with E-state index in [-0.39, 0.29) is 0 Å². The number of carbonyl (C=O) groups is 1. The Morgan fingerprint density at radius 1 is 1.05 bits per heavy atom. The van der Waals surface area contributed by atoms with Gasteiger partial charge in [-0.05, 0) is 31.5 Å². The molecule has 1 atom stereocenters. The van der Waals surface area contributed by atoms with E-state index in [4.69, 9.17) is 0 Å². The van der Waals surface area contributed by atoms with E-state index in [1.54, 1.807) is 6.92 Å². The van der Waals surface area contributed by atoms with Crippen LogP contribution in [0.3, 0.4) is 0 Å². The highest BCUT2D eigenvalue weighted by Crippen LogP contribution is 2.27. The molecule has 21 heavy (non-hydrogen) atoms. The van der Waals surface area contributed by atoms with E-state index in [1.165, 1.54) is 0 Å². The molecule has 0 spiro atoms. The van der Waals surface area contributed by atoms with Gasteiger partial charge in [-0.1, -0.05) is 48.5 Å². The molecule has 0 aliphatic heterocycles. The second-order valence-corrected chi connectivity index (χ2v) is 5.32. The Balaban J connectivity index is 2.38. The first-order chi connectivity index (χ1) is 10.1. The van der Waals surface area contributed by atoms with E-state index in [0.29, 0.717) is 13.0 Å². The molecule has 3 heteroatoms. The molecule has 0 aliphatic rings. The number of hydrogen-bond acceptors (Lipinski definition) is 2. The van der Waals surface area contributed by atoms with Gasteiger partial charge in [-0.3, -0.25) is 0 Å². The van der Waals surface area contributed by atoms with Gasteiger partial charge in [-0.2, -0.15) is 0 Å². The van der Waals surface area contributed by atoms with Gasteiger partial charge in [0.15, 0.2) is 0 Å². The van der Waals surface area contributed by atoms with Crippen molar-refractivity contribution in [1.82, 2.24) is 0 Å². The molecule has 0 amide bonds. The third-order valence-corrected chi connectivity index (χ3v) is 3.83. The highest BCUT2D eigenvalue weighted by molar-refractivity contribution is 5.83. The molecule has 0 aromatic heterocycles. The number of carboxylic acids is 1. The average molecular weight is 283 g/mol. The number of para-hydroxylation sites is 1. The van der Waals surface area contributed by atoms with E-state index >= 15 is 0 Å². The van der Waals surface area contributed by atoms with Gasteiger partial charge < -0.3 is 10.0 Å². The Bertz CT molecular complexity index is 583. The summed E-state index contributed by atoms with van der Waals surface area (Å²) in [6.45, 7) is 4.41. The molecular weight excluding hydrogens is 262 g/mol. The second kappa shape index (κ2) is 6.44. The first-order valence-corrected chi connectivity index (χ1v) is 7.18. The summed E-state index contributed by atoms with van der Waals surface area (Å²) in [6.07, 6.45) is 0.464. The van der Waals surface area contributed by atoms with E-state index in [2.05, 4.69) is 0 Å². The van der Waals surface area contributed by atoms with Gasteiger partial charge in [-0.15, -0.1) is 0 Å². The summed E-state index contributed by atoms with van der Waals surface area (Å²) >= 11 is 0. The molecule has 2 rings (SSSR count). The molecule has 3 nitrogen and oxygen atoms in total. The van der Waals surface area contributed by atoms with Crippen LogP contribution in [-0.2, 0) is 11.2 Å². The molecule has 0 saturated heterocycles. The summed E-state index contributed by atoms with van der Waals surface area (Å²) in [6, 6.07) is 19.5. The predicted octanol–water partition coefficient (Wildman–Crippen LogP) is 3.60. The van der Waals surface area contributed by atoms with Crippen molar-refractivity contribution >= 4 is 11.7 Å². The van der Waals surface area contributed by atoms with Crippen LogP contribution in [0.2, 0.25) is 0 Å². The van der Waals surface area contributed by atoms with E-state index in [1.807, 2.05) is 72.5 Å². The quantitative estimate of drug-likeness (QED) is 0.880. The molecule has 2 aromatic carbocycles. The minimum absolute atomic E-state index is 0.464. The first kappa shape index (κ1) is 15.1. The van der Waals surface area contributed by atoms with Crippen LogP contribution in [0.25, 0.3) is 0 Å². The van der Waals surface area contributed by atoms with Gasteiger partial charge >= 0.3 is 5.97 Å². The highest BCUT2D eigenvalue weighted by Gasteiger charge is 2.39. The number of nitrogens with zero attached hydrogens (tertiary/aromatic N) is 1. The van der Waals surface area contributed by atoms with Crippen molar-refractivity contribution in [2.45, 2.75) is 25.8 Å². The zero-order valence-electron chi connectivity index (χ0n) is 12.5. The summed E-state index contributed by atoms with van der Waals surface area (Å²) in [7, 11) is 0. The molecule has 0 unspecified atom stereocenters. The summed E-state index contributed by atoms with van der Waals surface area (Å²) in [4.78, 5) is 13.9. The third kappa shape index (κ3) is 3.24. The molecular formula is C18H21NO2. The lowest BCUT2D eigenvalue weighted by Crippen LogP contribution is -2.54. The van der Waals surface area contributed by atoms with Crippen molar-refractivity contribution in [3.63, 3.8) is 0 Å². The van der Waals surface area contributed by atoms with Crippen molar-refractivity contribution in [3.8, 4) is 0 Å². The molecule has 110 valence electrons. The van der Waals surface area contributed by atoms with Crippen molar-refractivity contribution in [2.75, 3.05) is 11.4 Å². The summed E-state index contributed by atoms with van der Waals surface area (Å²) in [5.74, 6) is -0.808. The minimum Gasteiger partial charge on any atom is -0.479 e. The largest absolute Gasteiger partial charge is 0.479 e. The average Bonchev–Trinajstić information content (AvgIpc) is 2.50. The molecule has 1 N–H and O–H groups in total. The maximum absolute atomic E-state index is 12.0. The monoisotopic (exact) mass is 283 g/mol. The Morgan fingerprint density at radius 3 is 2.05 bits per heavy atom. The normalized spacial score (nSPS) is 13.4. The Labute approximate surface area is 125 Å². The maximum Gasteiger partial charge on any atom is 0.329 e. The first-order valence-electron chi connectivity index (χ1n) is 7.18. The Hall–Kier alpha value is -2.29. The topological polar surface area (TPSA) is 40.5 Å². The highest BCUT2D eigenvalue weighted by atomic mass is 16.4. The smallest absolute Gasteiger partial charge is 0.329 e. The van der Waals surface area contributed by atoms with E-state index in [0.717, 1.165) is 11.3 Å². The molecule has 0 bridgehead atoms. The number of hydrogen-bond donors (Lipinski definition) is 1. The maximum atomic E-state index is 12.0. The SMILES string of the molecule is CCN(c1ccccc1)[C@](C)(Cc1ccccc1)C(=O)O. The third-order valence-electron chi connectivity index (χ3n) is 3.83. The van der Waals surface area contributed by atoms with Gasteiger partial charge in [0.05, 0.1) is 0 Å². The van der Waals surface area contributed by atoms with Crippen LogP contribution < -0.4 is 4.90 Å². The molecule has 0 aliphatic carbocycles. The van der Waals surface area contributed by atoms with Crippen LogP contribution in [0, 0.1) is 0 Å². The van der Waals surface area contributed by atoms with Crippen LogP contribution in [0.1, 0.15) is 19.4 Å². The van der Waals surface area contributed by atoms with Crippen molar-refractivity contribution in [2.24, 2.45) is 0 Å². The fourth-order valence-electron chi connectivity index (χ4n) is 2.70. The second-order valence-electron chi connectivity index (χ2n) is 5.32.